The smallest absolute Gasteiger partial charge is 0.179 e. The Balaban J connectivity index is 2.20. The molecule has 4 nitrogen and oxygen atoms in total. The zero-order valence-corrected chi connectivity index (χ0v) is 8.59. The van der Waals surface area contributed by atoms with Gasteiger partial charge < -0.3 is 10.4 Å². The van der Waals surface area contributed by atoms with Crippen LogP contribution in [-0.2, 0) is 0 Å². The molecule has 16 heavy (non-hydrogen) atoms. The molecule has 0 fully saturated rings. The average molecular weight is 216 g/mol. The molecular weight excluding hydrogens is 204 g/mol. The molecule has 2 rings (SSSR count). The van der Waals surface area contributed by atoms with Crippen LogP contribution >= 0.6 is 0 Å². The minimum absolute atomic E-state index is 0.427. The Morgan fingerprint density at radius 2 is 0.875 bits per heavy atom. The zero-order chi connectivity index (χ0) is 11.4. The average Bonchev–Trinajstić information content (AvgIpc) is 2.39. The molecule has 0 saturated heterocycles. The molecule has 4 heteroatoms. The van der Waals surface area contributed by atoms with Crippen molar-refractivity contribution in [1.82, 2.24) is 0 Å². The monoisotopic (exact) mass is 216 g/mol. The quantitative estimate of drug-likeness (QED) is 0.726. The number of benzene rings is 2. The van der Waals surface area contributed by atoms with E-state index in [1.807, 2.05) is 12.1 Å². The molecule has 2 unspecified atom stereocenters. The summed E-state index contributed by atoms with van der Waals surface area (Å²) >= 11 is 0. The molecule has 0 heterocycles. The van der Waals surface area contributed by atoms with Crippen molar-refractivity contribution in [3.05, 3.63) is 71.1 Å². The largest absolute Gasteiger partial charge is 0.578 e. The summed E-state index contributed by atoms with van der Waals surface area (Å²) in [5.41, 5.74) is 0.854. The first-order chi connectivity index (χ1) is 7.79. The van der Waals surface area contributed by atoms with Crippen LogP contribution in [0.5, 0.6) is 0 Å². The van der Waals surface area contributed by atoms with Crippen LogP contribution in [0, 0.1) is 10.4 Å². The molecule has 0 aromatic heterocycles. The summed E-state index contributed by atoms with van der Waals surface area (Å²) in [6.45, 7) is 0. The number of nitrogens with one attached hydrogen (secondary N) is 2. The van der Waals surface area contributed by atoms with Crippen LogP contribution in [-0.4, -0.2) is 0 Å². The third kappa shape index (κ3) is 2.26. The highest BCUT2D eigenvalue weighted by atomic mass is 16.7. The topological polar surface area (TPSA) is 55.0 Å². The number of hydrogen-bond donors (Lipinski definition) is 2. The Hall–Kier alpha value is -1.72. The maximum absolute atomic E-state index is 11.8. The Bertz CT molecular complexity index is 390. The van der Waals surface area contributed by atoms with Gasteiger partial charge in [0, 0.05) is 24.3 Å². The van der Waals surface area contributed by atoms with E-state index >= 15 is 0 Å². The van der Waals surface area contributed by atoms with Gasteiger partial charge in [0.1, 0.15) is 0 Å². The van der Waals surface area contributed by atoms with Gasteiger partial charge >= 0.3 is 0 Å². The van der Waals surface area contributed by atoms with E-state index in [2.05, 4.69) is 0 Å². The lowest BCUT2D eigenvalue weighted by molar-refractivity contribution is -1.40. The van der Waals surface area contributed by atoms with Crippen LogP contribution in [0.3, 0.4) is 0 Å². The molecule has 2 atom stereocenters. The molecule has 0 aliphatic carbocycles. The second-order valence-electron chi connectivity index (χ2n) is 3.39. The molecule has 0 saturated carbocycles. The molecule has 0 aliphatic heterocycles. The molecule has 0 spiro atoms. The summed E-state index contributed by atoms with van der Waals surface area (Å²) in [4.78, 5) is 0. The second-order valence-corrected chi connectivity index (χ2v) is 3.39. The highest BCUT2D eigenvalue weighted by molar-refractivity contribution is 5.29. The summed E-state index contributed by atoms with van der Waals surface area (Å²) in [5.74, 6) is 0. The van der Waals surface area contributed by atoms with Crippen LogP contribution in [0.1, 0.15) is 0 Å². The predicted molar refractivity (Wildman–Crippen MR) is 60.9 cm³/mol. The van der Waals surface area contributed by atoms with Gasteiger partial charge in [0.15, 0.2) is 11.4 Å². The highest BCUT2D eigenvalue weighted by Gasteiger charge is 2.10. The van der Waals surface area contributed by atoms with Crippen LogP contribution in [0.4, 0.5) is 11.4 Å². The van der Waals surface area contributed by atoms with Crippen molar-refractivity contribution < 1.29 is 10.3 Å². The fourth-order valence-electron chi connectivity index (χ4n) is 1.44. The highest BCUT2D eigenvalue weighted by Crippen LogP contribution is 1.99. The van der Waals surface area contributed by atoms with Crippen molar-refractivity contribution in [2.45, 2.75) is 0 Å². The van der Waals surface area contributed by atoms with Crippen LogP contribution in [0.15, 0.2) is 60.7 Å². The number of para-hydroxylation sites is 2. The molecule has 2 N–H and O–H groups in total. The van der Waals surface area contributed by atoms with E-state index in [1.165, 1.54) is 0 Å². The van der Waals surface area contributed by atoms with E-state index in [0.717, 1.165) is 0 Å². The first-order valence-corrected chi connectivity index (χ1v) is 4.98. The summed E-state index contributed by atoms with van der Waals surface area (Å²) in [6.07, 6.45) is 0. The molecule has 0 bridgehead atoms. The van der Waals surface area contributed by atoms with Crippen molar-refractivity contribution in [3.63, 3.8) is 0 Å². The predicted octanol–water partition coefficient (Wildman–Crippen LogP) is 0.330. The van der Waals surface area contributed by atoms with Crippen LogP contribution in [0.2, 0.25) is 0 Å². The Labute approximate surface area is 93.5 Å². The first-order valence-electron chi connectivity index (χ1n) is 4.98. The van der Waals surface area contributed by atoms with Gasteiger partial charge in [-0.2, -0.15) is 10.3 Å². The van der Waals surface area contributed by atoms with Crippen LogP contribution in [0.25, 0.3) is 0 Å². The minimum Gasteiger partial charge on any atom is -0.578 e. The van der Waals surface area contributed by atoms with Crippen molar-refractivity contribution in [1.29, 1.82) is 0 Å². The molecule has 2 aromatic rings. The summed E-state index contributed by atoms with van der Waals surface area (Å²) in [5, 5.41) is 22.7. The third-order valence-corrected chi connectivity index (χ3v) is 2.28. The molecule has 0 amide bonds. The first kappa shape index (κ1) is 10.8. The standard InChI is InChI=1S/C12H12N2O2/c15-13(11-7-3-1-4-8-11)14(16)12-9-5-2-6-10-12/h1-10,13-14H. The fourth-order valence-corrected chi connectivity index (χ4v) is 1.44. The number of hydrogen-bond acceptors (Lipinski definition) is 2. The second kappa shape index (κ2) is 4.87. The Morgan fingerprint density at radius 1 is 0.562 bits per heavy atom. The van der Waals surface area contributed by atoms with Gasteiger partial charge in [0.2, 0.25) is 0 Å². The summed E-state index contributed by atoms with van der Waals surface area (Å²) < 4.78 is 0. The normalized spacial score (nSPS) is 14.4. The Kier molecular flexibility index (Phi) is 3.28. The van der Waals surface area contributed by atoms with Gasteiger partial charge in [-0.1, -0.05) is 36.4 Å². The van der Waals surface area contributed by atoms with Gasteiger partial charge in [0.05, 0.1) is 0 Å². The van der Waals surface area contributed by atoms with E-state index in [9.17, 15) is 10.4 Å². The maximum atomic E-state index is 11.8. The van der Waals surface area contributed by atoms with E-state index in [-0.39, 0.29) is 0 Å². The van der Waals surface area contributed by atoms with E-state index in [4.69, 9.17) is 0 Å². The molecule has 0 aliphatic rings. The van der Waals surface area contributed by atoms with E-state index < -0.39 is 10.3 Å². The molecule has 82 valence electrons. The molecule has 0 radical (unpaired) electrons. The van der Waals surface area contributed by atoms with Gasteiger partial charge in [-0.05, 0) is 0 Å². The summed E-state index contributed by atoms with van der Waals surface area (Å²) in [6, 6.07) is 17.2. The van der Waals surface area contributed by atoms with E-state index in [1.54, 1.807) is 48.5 Å². The van der Waals surface area contributed by atoms with Crippen molar-refractivity contribution in [3.8, 4) is 0 Å². The maximum Gasteiger partial charge on any atom is 0.179 e. The number of rotatable bonds is 3. The minimum atomic E-state index is -0.466. The van der Waals surface area contributed by atoms with Gasteiger partial charge in [0.25, 0.3) is 0 Å². The zero-order valence-electron chi connectivity index (χ0n) is 8.59. The summed E-state index contributed by atoms with van der Waals surface area (Å²) in [7, 11) is 0. The van der Waals surface area contributed by atoms with Crippen molar-refractivity contribution in [2.75, 3.05) is 0 Å². The van der Waals surface area contributed by atoms with Gasteiger partial charge in [-0.15, -0.1) is 0 Å². The van der Waals surface area contributed by atoms with Crippen molar-refractivity contribution in [2.24, 2.45) is 0 Å². The Morgan fingerprint density at radius 3 is 1.19 bits per heavy atom. The molecular formula is C12H12N2O2. The van der Waals surface area contributed by atoms with Crippen molar-refractivity contribution >= 4 is 11.4 Å². The van der Waals surface area contributed by atoms with Gasteiger partial charge in [-0.25, -0.2) is 0 Å². The van der Waals surface area contributed by atoms with Gasteiger partial charge in [-0.3, -0.25) is 0 Å². The number of quaternary nitrogens is 2. The fraction of sp³-hybridized carbons (Fsp3) is 0. The molecule has 2 aromatic carbocycles. The third-order valence-electron chi connectivity index (χ3n) is 2.28. The van der Waals surface area contributed by atoms with Crippen LogP contribution < -0.4 is 10.3 Å². The lowest BCUT2D eigenvalue weighted by atomic mass is 10.3. The van der Waals surface area contributed by atoms with E-state index in [0.29, 0.717) is 11.4 Å². The SMILES string of the molecule is [O-][NH+](c1ccccc1)[NH+]([O-])c1ccccc1. The lowest BCUT2D eigenvalue weighted by Crippen LogP contribution is -3.51. The lowest BCUT2D eigenvalue weighted by Gasteiger charge is -2.31.